The van der Waals surface area contributed by atoms with Gasteiger partial charge in [-0.25, -0.2) is 4.39 Å². The second kappa shape index (κ2) is 8.70. The van der Waals surface area contributed by atoms with E-state index >= 15 is 0 Å². The number of hydrogen-bond donors (Lipinski definition) is 1. The molecular weight excluding hydrogens is 336 g/mol. The van der Waals surface area contributed by atoms with Crippen LogP contribution >= 0.6 is 12.4 Å². The van der Waals surface area contributed by atoms with E-state index in [0.29, 0.717) is 18.7 Å². The normalized spacial score (nSPS) is 17.4. The van der Waals surface area contributed by atoms with Gasteiger partial charge < -0.3 is 10.1 Å². The second-order valence-corrected chi connectivity index (χ2v) is 5.35. The summed E-state index contributed by atoms with van der Waals surface area (Å²) >= 11 is 0. The molecular formula is C15H21ClF4N2O. The van der Waals surface area contributed by atoms with E-state index in [1.807, 2.05) is 4.90 Å². The van der Waals surface area contributed by atoms with E-state index in [0.717, 1.165) is 13.1 Å². The van der Waals surface area contributed by atoms with Crippen molar-refractivity contribution in [3.05, 3.63) is 29.6 Å². The molecule has 1 saturated heterocycles. The molecule has 0 aliphatic carbocycles. The molecule has 8 heteroatoms. The number of benzene rings is 1. The Balaban J connectivity index is 0.00000264. The van der Waals surface area contributed by atoms with Gasteiger partial charge in [-0.1, -0.05) is 6.07 Å². The largest absolute Gasteiger partial charge is 0.494 e. The van der Waals surface area contributed by atoms with E-state index < -0.39 is 24.5 Å². The lowest BCUT2D eigenvalue weighted by atomic mass is 9.99. The van der Waals surface area contributed by atoms with Gasteiger partial charge in [0.25, 0.3) is 0 Å². The molecule has 1 aliphatic rings. The quantitative estimate of drug-likeness (QED) is 0.817. The summed E-state index contributed by atoms with van der Waals surface area (Å²) in [6.45, 7) is 2.74. The number of piperazine rings is 1. The van der Waals surface area contributed by atoms with Crippen molar-refractivity contribution in [2.75, 3.05) is 33.3 Å². The first kappa shape index (κ1) is 20.0. The summed E-state index contributed by atoms with van der Waals surface area (Å²) in [5.74, 6) is -0.453. The van der Waals surface area contributed by atoms with Crippen LogP contribution in [0.3, 0.4) is 0 Å². The van der Waals surface area contributed by atoms with Crippen LogP contribution in [-0.2, 0) is 0 Å². The summed E-state index contributed by atoms with van der Waals surface area (Å²) in [5.41, 5.74) is 0.560. The van der Waals surface area contributed by atoms with Crippen LogP contribution in [0.5, 0.6) is 5.75 Å². The molecule has 132 valence electrons. The highest BCUT2D eigenvalue weighted by molar-refractivity contribution is 5.85. The van der Waals surface area contributed by atoms with E-state index in [4.69, 9.17) is 4.74 Å². The molecule has 1 aromatic carbocycles. The van der Waals surface area contributed by atoms with E-state index in [1.54, 1.807) is 6.07 Å². The highest BCUT2D eigenvalue weighted by Crippen LogP contribution is 2.33. The van der Waals surface area contributed by atoms with Crippen molar-refractivity contribution in [3.63, 3.8) is 0 Å². The van der Waals surface area contributed by atoms with Gasteiger partial charge >= 0.3 is 6.18 Å². The maximum atomic E-state index is 13.9. The van der Waals surface area contributed by atoms with Crippen molar-refractivity contribution in [2.24, 2.45) is 0 Å². The van der Waals surface area contributed by atoms with Gasteiger partial charge in [-0.2, -0.15) is 13.2 Å². The van der Waals surface area contributed by atoms with Crippen molar-refractivity contribution in [1.82, 2.24) is 10.2 Å². The predicted octanol–water partition coefficient (Wildman–Crippen LogP) is 3.54. The molecule has 1 N–H and O–H groups in total. The van der Waals surface area contributed by atoms with Crippen molar-refractivity contribution < 1.29 is 22.3 Å². The van der Waals surface area contributed by atoms with Crippen LogP contribution in [0.25, 0.3) is 0 Å². The molecule has 1 aliphatic heterocycles. The summed E-state index contributed by atoms with van der Waals surface area (Å²) in [6, 6.07) is 3.95. The number of rotatable bonds is 5. The molecule has 0 spiro atoms. The molecule has 23 heavy (non-hydrogen) atoms. The monoisotopic (exact) mass is 356 g/mol. The fraction of sp³-hybridized carbons (Fsp3) is 0.600. The maximum absolute atomic E-state index is 13.9. The molecule has 0 saturated carbocycles. The smallest absolute Gasteiger partial charge is 0.389 e. The van der Waals surface area contributed by atoms with Gasteiger partial charge in [-0.15, -0.1) is 12.4 Å². The molecule has 0 radical (unpaired) electrons. The van der Waals surface area contributed by atoms with Gasteiger partial charge in [0.05, 0.1) is 7.11 Å². The van der Waals surface area contributed by atoms with Crippen LogP contribution in [0.2, 0.25) is 0 Å². The van der Waals surface area contributed by atoms with E-state index in [-0.39, 0.29) is 24.6 Å². The summed E-state index contributed by atoms with van der Waals surface area (Å²) in [4.78, 5) is 1.98. The number of alkyl halides is 3. The minimum atomic E-state index is -4.21. The molecule has 0 bridgehead atoms. The number of ether oxygens (including phenoxy) is 1. The third-order valence-corrected chi connectivity index (χ3v) is 3.85. The fourth-order valence-electron chi connectivity index (χ4n) is 2.74. The van der Waals surface area contributed by atoms with Crippen LogP contribution in [0.4, 0.5) is 17.6 Å². The Kier molecular flexibility index (Phi) is 7.57. The predicted molar refractivity (Wildman–Crippen MR) is 82.7 cm³/mol. The number of nitrogens with zero attached hydrogens (tertiary/aromatic N) is 1. The minimum Gasteiger partial charge on any atom is -0.494 e. The topological polar surface area (TPSA) is 24.5 Å². The molecule has 2 rings (SSSR count). The molecule has 3 nitrogen and oxygen atoms in total. The zero-order chi connectivity index (χ0) is 16.2. The standard InChI is InChI=1S/C15H20F4N2O.ClH/c1-22-14-3-2-11(10-12(14)16)13(4-5-15(17,18)19)21-8-6-20-7-9-21;/h2-3,10,13,20H,4-9H2,1H3;1H/t13-;/m1./s1. The van der Waals surface area contributed by atoms with E-state index in [9.17, 15) is 17.6 Å². The van der Waals surface area contributed by atoms with Gasteiger partial charge in [0.15, 0.2) is 11.6 Å². The zero-order valence-corrected chi connectivity index (χ0v) is 13.6. The Morgan fingerprint density at radius 2 is 1.91 bits per heavy atom. The fourth-order valence-corrected chi connectivity index (χ4v) is 2.74. The Hall–Kier alpha value is -1.05. The SMILES string of the molecule is COc1ccc([C@@H](CCC(F)(F)F)N2CCNCC2)cc1F.Cl. The van der Waals surface area contributed by atoms with Gasteiger partial charge in [0, 0.05) is 38.6 Å². The number of methoxy groups -OCH3 is 1. The van der Waals surface area contributed by atoms with Gasteiger partial charge in [0.2, 0.25) is 0 Å². The third kappa shape index (κ3) is 5.82. The second-order valence-electron chi connectivity index (χ2n) is 5.35. The Bertz CT molecular complexity index is 493. The first-order chi connectivity index (χ1) is 10.4. The van der Waals surface area contributed by atoms with E-state index in [2.05, 4.69) is 5.32 Å². The van der Waals surface area contributed by atoms with Crippen LogP contribution in [0.1, 0.15) is 24.4 Å². The molecule has 1 heterocycles. The Morgan fingerprint density at radius 3 is 2.43 bits per heavy atom. The third-order valence-electron chi connectivity index (χ3n) is 3.85. The lowest BCUT2D eigenvalue weighted by Crippen LogP contribution is -2.45. The summed E-state index contributed by atoms with van der Waals surface area (Å²) in [5, 5.41) is 3.17. The number of halogens is 5. The summed E-state index contributed by atoms with van der Waals surface area (Å²) in [6.07, 6.45) is -5.16. The maximum Gasteiger partial charge on any atom is 0.389 e. The molecule has 0 unspecified atom stereocenters. The zero-order valence-electron chi connectivity index (χ0n) is 12.8. The average Bonchev–Trinajstić information content (AvgIpc) is 2.47. The van der Waals surface area contributed by atoms with Crippen molar-refractivity contribution >= 4 is 12.4 Å². The van der Waals surface area contributed by atoms with Crippen molar-refractivity contribution in [2.45, 2.75) is 25.1 Å². The number of hydrogen-bond acceptors (Lipinski definition) is 3. The van der Waals surface area contributed by atoms with Gasteiger partial charge in [0.1, 0.15) is 0 Å². The van der Waals surface area contributed by atoms with Crippen molar-refractivity contribution in [1.29, 1.82) is 0 Å². The highest BCUT2D eigenvalue weighted by Gasteiger charge is 2.31. The Labute approximate surface area is 139 Å². The first-order valence-corrected chi connectivity index (χ1v) is 7.25. The van der Waals surface area contributed by atoms with Gasteiger partial charge in [-0.3, -0.25) is 4.90 Å². The van der Waals surface area contributed by atoms with Crippen LogP contribution < -0.4 is 10.1 Å². The summed E-state index contributed by atoms with van der Waals surface area (Å²) in [7, 11) is 1.36. The molecule has 0 amide bonds. The molecule has 1 aromatic rings. The van der Waals surface area contributed by atoms with Gasteiger partial charge in [-0.05, 0) is 24.1 Å². The van der Waals surface area contributed by atoms with E-state index in [1.165, 1.54) is 19.2 Å². The molecule has 1 atom stereocenters. The lowest BCUT2D eigenvalue weighted by molar-refractivity contribution is -0.138. The lowest BCUT2D eigenvalue weighted by Gasteiger charge is -2.35. The molecule has 1 fully saturated rings. The first-order valence-electron chi connectivity index (χ1n) is 7.25. The summed E-state index contributed by atoms with van der Waals surface area (Å²) < 4.78 is 56.5. The van der Waals surface area contributed by atoms with Crippen molar-refractivity contribution in [3.8, 4) is 5.75 Å². The minimum absolute atomic E-state index is 0. The highest BCUT2D eigenvalue weighted by atomic mass is 35.5. The molecule has 0 aromatic heterocycles. The number of nitrogens with one attached hydrogen (secondary N) is 1. The van der Waals surface area contributed by atoms with Crippen LogP contribution in [0.15, 0.2) is 18.2 Å². The Morgan fingerprint density at radius 1 is 1.26 bits per heavy atom. The average molecular weight is 357 g/mol. The van der Waals surface area contributed by atoms with Crippen LogP contribution in [0, 0.1) is 5.82 Å². The van der Waals surface area contributed by atoms with Crippen LogP contribution in [-0.4, -0.2) is 44.4 Å².